The first-order valence-electron chi connectivity index (χ1n) is 5.28. The molecule has 0 aliphatic carbocycles. The molecule has 0 saturated heterocycles. The number of rotatable bonds is 1. The summed E-state index contributed by atoms with van der Waals surface area (Å²) in [4.78, 5) is 7.09. The van der Waals surface area contributed by atoms with Crippen LogP contribution in [0.5, 0.6) is 0 Å². The molecule has 0 radical (unpaired) electrons. The van der Waals surface area contributed by atoms with Crippen molar-refractivity contribution in [3.8, 4) is 5.69 Å². The molecule has 2 aromatic heterocycles. The number of fused-ring (bicyclic) bond motifs is 1. The largest absolute Gasteiger partial charge is 0.329 e. The SMILES string of the molecule is Fc1ccc(F)c(-n2c(=S)[nH]c3cc(Br)cnc32)c1. The van der Waals surface area contributed by atoms with Crippen LogP contribution < -0.4 is 0 Å². The molecule has 3 aromatic rings. The Labute approximate surface area is 120 Å². The zero-order chi connectivity index (χ0) is 13.6. The molecule has 0 spiro atoms. The molecule has 0 atom stereocenters. The molecule has 3 rings (SSSR count). The Hall–Kier alpha value is -1.60. The Morgan fingerprint density at radius 3 is 2.84 bits per heavy atom. The number of aromatic nitrogens is 3. The van der Waals surface area contributed by atoms with Gasteiger partial charge in [-0.05, 0) is 46.3 Å². The van der Waals surface area contributed by atoms with Crippen LogP contribution in [0.2, 0.25) is 0 Å². The molecule has 0 fully saturated rings. The second-order valence-electron chi connectivity index (χ2n) is 3.89. The predicted molar refractivity (Wildman–Crippen MR) is 73.9 cm³/mol. The van der Waals surface area contributed by atoms with Crippen LogP contribution in [-0.2, 0) is 0 Å². The molecular formula is C12H6BrF2N3S. The number of hydrogen-bond donors (Lipinski definition) is 1. The number of hydrogen-bond acceptors (Lipinski definition) is 2. The van der Waals surface area contributed by atoms with Gasteiger partial charge in [-0.3, -0.25) is 4.57 Å². The van der Waals surface area contributed by atoms with Crippen molar-refractivity contribution in [3.05, 3.63) is 51.3 Å². The first-order chi connectivity index (χ1) is 9.06. The van der Waals surface area contributed by atoms with Gasteiger partial charge in [0, 0.05) is 16.7 Å². The molecule has 0 aliphatic rings. The number of benzene rings is 1. The monoisotopic (exact) mass is 341 g/mol. The van der Waals surface area contributed by atoms with E-state index in [-0.39, 0.29) is 10.5 Å². The van der Waals surface area contributed by atoms with Gasteiger partial charge in [-0.15, -0.1) is 0 Å². The van der Waals surface area contributed by atoms with Gasteiger partial charge in [-0.25, -0.2) is 13.8 Å². The van der Waals surface area contributed by atoms with Gasteiger partial charge < -0.3 is 4.98 Å². The van der Waals surface area contributed by atoms with Gasteiger partial charge in [0.1, 0.15) is 11.6 Å². The van der Waals surface area contributed by atoms with Crippen molar-refractivity contribution >= 4 is 39.3 Å². The second kappa shape index (κ2) is 4.50. The topological polar surface area (TPSA) is 33.6 Å². The van der Waals surface area contributed by atoms with E-state index >= 15 is 0 Å². The highest BCUT2D eigenvalue weighted by Crippen LogP contribution is 2.23. The quantitative estimate of drug-likeness (QED) is 0.675. The van der Waals surface area contributed by atoms with E-state index in [9.17, 15) is 8.78 Å². The van der Waals surface area contributed by atoms with E-state index in [1.165, 1.54) is 4.57 Å². The van der Waals surface area contributed by atoms with Crippen LogP contribution in [0.4, 0.5) is 8.78 Å². The summed E-state index contributed by atoms with van der Waals surface area (Å²) in [7, 11) is 0. The minimum absolute atomic E-state index is 0.0334. The lowest BCUT2D eigenvalue weighted by atomic mass is 10.3. The molecule has 1 N–H and O–H groups in total. The number of nitrogens with zero attached hydrogens (tertiary/aromatic N) is 2. The summed E-state index contributed by atoms with van der Waals surface area (Å²) in [6, 6.07) is 4.97. The van der Waals surface area contributed by atoms with E-state index in [2.05, 4.69) is 25.9 Å². The maximum atomic E-state index is 13.8. The first kappa shape index (κ1) is 12.4. The summed E-state index contributed by atoms with van der Waals surface area (Å²) in [5, 5.41) is 0. The van der Waals surface area contributed by atoms with Crippen molar-refractivity contribution in [2.45, 2.75) is 0 Å². The standard InChI is InChI=1S/C12H6BrF2N3S/c13-6-3-9-11(16-5-6)18(12(19)17-9)10-4-7(14)1-2-8(10)15/h1-5H,(H,17,19). The van der Waals surface area contributed by atoms with Gasteiger partial charge in [0.15, 0.2) is 10.4 Å². The number of aromatic amines is 1. The minimum atomic E-state index is -0.567. The molecule has 0 bridgehead atoms. The summed E-state index contributed by atoms with van der Waals surface area (Å²) in [6.45, 7) is 0. The highest BCUT2D eigenvalue weighted by molar-refractivity contribution is 9.10. The normalized spacial score (nSPS) is 11.1. The van der Waals surface area contributed by atoms with Crippen molar-refractivity contribution < 1.29 is 8.78 Å². The summed E-state index contributed by atoms with van der Waals surface area (Å²) >= 11 is 8.43. The average Bonchev–Trinajstić information content (AvgIpc) is 2.67. The van der Waals surface area contributed by atoms with Gasteiger partial charge >= 0.3 is 0 Å². The Morgan fingerprint density at radius 1 is 1.26 bits per heavy atom. The number of nitrogens with one attached hydrogen (secondary N) is 1. The predicted octanol–water partition coefficient (Wildman–Crippen LogP) is 4.12. The number of halogens is 3. The third kappa shape index (κ3) is 2.08. The molecule has 0 unspecified atom stereocenters. The van der Waals surface area contributed by atoms with E-state index in [1.807, 2.05) is 0 Å². The molecule has 19 heavy (non-hydrogen) atoms. The van der Waals surface area contributed by atoms with Crippen molar-refractivity contribution in [2.75, 3.05) is 0 Å². The van der Waals surface area contributed by atoms with Gasteiger partial charge in [0.05, 0.1) is 11.2 Å². The third-order valence-electron chi connectivity index (χ3n) is 2.64. The molecule has 3 nitrogen and oxygen atoms in total. The Balaban J connectivity index is 2.39. The van der Waals surface area contributed by atoms with E-state index in [0.717, 1.165) is 22.7 Å². The van der Waals surface area contributed by atoms with Crippen LogP contribution >= 0.6 is 28.1 Å². The average molecular weight is 342 g/mol. The molecule has 1 aromatic carbocycles. The molecule has 0 aliphatic heterocycles. The van der Waals surface area contributed by atoms with E-state index in [1.54, 1.807) is 12.3 Å². The Morgan fingerprint density at radius 2 is 2.05 bits per heavy atom. The fourth-order valence-corrected chi connectivity index (χ4v) is 2.48. The smallest absolute Gasteiger partial charge is 0.184 e. The van der Waals surface area contributed by atoms with Crippen molar-refractivity contribution in [2.24, 2.45) is 0 Å². The molecular weight excluding hydrogens is 336 g/mol. The molecule has 0 saturated carbocycles. The Kier molecular flexibility index (Phi) is 2.94. The lowest BCUT2D eigenvalue weighted by molar-refractivity contribution is 0.593. The molecule has 96 valence electrons. The van der Waals surface area contributed by atoms with E-state index in [4.69, 9.17) is 12.2 Å². The van der Waals surface area contributed by atoms with Crippen LogP contribution in [0.15, 0.2) is 34.9 Å². The van der Waals surface area contributed by atoms with Gasteiger partial charge in [0.2, 0.25) is 0 Å². The van der Waals surface area contributed by atoms with Crippen molar-refractivity contribution in [3.63, 3.8) is 0 Å². The number of imidazole rings is 1. The fourth-order valence-electron chi connectivity index (χ4n) is 1.85. The number of pyridine rings is 1. The van der Waals surface area contributed by atoms with Crippen molar-refractivity contribution in [1.29, 1.82) is 0 Å². The van der Waals surface area contributed by atoms with Crippen LogP contribution in [-0.4, -0.2) is 14.5 Å². The maximum Gasteiger partial charge on any atom is 0.184 e. The van der Waals surface area contributed by atoms with Crippen LogP contribution in [0.25, 0.3) is 16.9 Å². The summed E-state index contributed by atoms with van der Waals surface area (Å²) in [5.74, 6) is -1.10. The van der Waals surface area contributed by atoms with Crippen LogP contribution in [0, 0.1) is 16.4 Å². The Bertz CT molecular complexity index is 841. The maximum absolute atomic E-state index is 13.8. The molecule has 2 heterocycles. The highest BCUT2D eigenvalue weighted by atomic mass is 79.9. The van der Waals surface area contributed by atoms with Crippen LogP contribution in [0.1, 0.15) is 0 Å². The van der Waals surface area contributed by atoms with Gasteiger partial charge in [0.25, 0.3) is 0 Å². The zero-order valence-electron chi connectivity index (χ0n) is 9.32. The highest BCUT2D eigenvalue weighted by Gasteiger charge is 2.12. The van der Waals surface area contributed by atoms with Crippen LogP contribution in [0.3, 0.4) is 0 Å². The first-order valence-corrected chi connectivity index (χ1v) is 6.48. The van der Waals surface area contributed by atoms with Crippen molar-refractivity contribution in [1.82, 2.24) is 14.5 Å². The van der Waals surface area contributed by atoms with Gasteiger partial charge in [-0.1, -0.05) is 0 Å². The van der Waals surface area contributed by atoms with E-state index in [0.29, 0.717) is 11.2 Å². The lowest BCUT2D eigenvalue weighted by Gasteiger charge is -2.05. The molecule has 7 heteroatoms. The lowest BCUT2D eigenvalue weighted by Crippen LogP contribution is -1.99. The fraction of sp³-hybridized carbons (Fsp3) is 0. The zero-order valence-corrected chi connectivity index (χ0v) is 11.7. The summed E-state index contributed by atoms with van der Waals surface area (Å²) in [6.07, 6.45) is 1.57. The molecule has 0 amide bonds. The summed E-state index contributed by atoms with van der Waals surface area (Å²) in [5.41, 5.74) is 1.12. The van der Waals surface area contributed by atoms with Gasteiger partial charge in [-0.2, -0.15) is 0 Å². The number of H-pyrrole nitrogens is 1. The second-order valence-corrected chi connectivity index (χ2v) is 5.19. The minimum Gasteiger partial charge on any atom is -0.329 e. The third-order valence-corrected chi connectivity index (χ3v) is 3.36. The summed E-state index contributed by atoms with van der Waals surface area (Å²) < 4.78 is 29.5. The van der Waals surface area contributed by atoms with E-state index < -0.39 is 11.6 Å².